The van der Waals surface area contributed by atoms with E-state index < -0.39 is 24.0 Å². The molecule has 0 N–H and O–H groups in total. The van der Waals surface area contributed by atoms with Crippen molar-refractivity contribution in [1.82, 2.24) is 0 Å². The number of hydrogen-bond acceptors (Lipinski definition) is 9. The molecular weight excluding hydrogens is 466 g/mol. The molecule has 0 radical (unpaired) electrons. The average Bonchev–Trinajstić information content (AvgIpc) is 3.15. The molecule has 0 amide bonds. The van der Waals surface area contributed by atoms with Crippen molar-refractivity contribution >= 4 is 29.4 Å². The van der Waals surface area contributed by atoms with E-state index in [0.29, 0.717) is 17.0 Å². The first-order valence-electron chi connectivity index (χ1n) is 10.8. The van der Waals surface area contributed by atoms with Crippen molar-refractivity contribution in [3.8, 4) is 5.75 Å². The topological polar surface area (TPSA) is 108 Å². The van der Waals surface area contributed by atoms with Gasteiger partial charge in [-0.3, -0.25) is 4.79 Å². The van der Waals surface area contributed by atoms with E-state index in [1.165, 1.54) is 51.4 Å². The third-order valence-corrected chi connectivity index (χ3v) is 5.30. The molecule has 0 bridgehead atoms. The van der Waals surface area contributed by atoms with Crippen LogP contribution in [0.15, 0.2) is 84.2 Å². The van der Waals surface area contributed by atoms with Gasteiger partial charge in [-0.15, -0.1) is 0 Å². The Morgan fingerprint density at radius 2 is 1.36 bits per heavy atom. The number of anilines is 1. The van der Waals surface area contributed by atoms with Crippen molar-refractivity contribution in [1.29, 1.82) is 0 Å². The van der Waals surface area contributed by atoms with Crippen molar-refractivity contribution in [3.63, 3.8) is 0 Å². The number of methoxy groups -OCH3 is 3. The summed E-state index contributed by atoms with van der Waals surface area (Å²) in [6.45, 7) is 1.50. The van der Waals surface area contributed by atoms with Gasteiger partial charge in [0.05, 0.1) is 32.5 Å². The lowest BCUT2D eigenvalue weighted by molar-refractivity contribution is -0.139. The molecule has 3 rings (SSSR count). The largest absolute Gasteiger partial charge is 0.497 e. The van der Waals surface area contributed by atoms with Crippen LogP contribution in [0.25, 0.3) is 0 Å². The summed E-state index contributed by atoms with van der Waals surface area (Å²) in [4.78, 5) is 51.5. The first-order chi connectivity index (χ1) is 17.3. The van der Waals surface area contributed by atoms with Crippen molar-refractivity contribution in [3.05, 3.63) is 95.4 Å². The van der Waals surface area contributed by atoms with Crippen LogP contribution >= 0.6 is 0 Å². The van der Waals surface area contributed by atoms with Gasteiger partial charge in [0.25, 0.3) is 0 Å². The van der Waals surface area contributed by atoms with Gasteiger partial charge in [-0.2, -0.15) is 0 Å². The van der Waals surface area contributed by atoms with E-state index in [4.69, 9.17) is 18.9 Å². The van der Waals surface area contributed by atoms with Crippen molar-refractivity contribution < 1.29 is 38.1 Å². The number of hydrogen-bond donors (Lipinski definition) is 0. The quantitative estimate of drug-likeness (QED) is 0.311. The van der Waals surface area contributed by atoms with Crippen LogP contribution in [0.3, 0.4) is 0 Å². The molecule has 186 valence electrons. The fourth-order valence-corrected chi connectivity index (χ4v) is 3.40. The highest BCUT2D eigenvalue weighted by atomic mass is 16.5. The number of rotatable bonds is 8. The molecule has 1 unspecified atom stereocenters. The van der Waals surface area contributed by atoms with Gasteiger partial charge in [-0.1, -0.05) is 6.08 Å². The zero-order valence-electron chi connectivity index (χ0n) is 20.2. The minimum Gasteiger partial charge on any atom is -0.497 e. The Labute approximate surface area is 208 Å². The number of carbonyl (C=O) groups is 4. The predicted octanol–water partition coefficient (Wildman–Crippen LogP) is 3.61. The number of ketones is 1. The molecule has 1 heterocycles. The highest BCUT2D eigenvalue weighted by Gasteiger charge is 2.28. The SMILES string of the molecule is COC(=O)C1=C(C(=O)OC)N(c2ccc(C(=O)OC(C)C(=O)c3ccc(OC)cc3)cc2)C=CC=C1. The second kappa shape index (κ2) is 11.7. The molecule has 2 aromatic rings. The van der Waals surface area contributed by atoms with Gasteiger partial charge in [0.15, 0.2) is 6.10 Å². The summed E-state index contributed by atoms with van der Waals surface area (Å²) < 4.78 is 20.1. The fourth-order valence-electron chi connectivity index (χ4n) is 3.40. The maximum atomic E-state index is 12.7. The molecule has 0 fully saturated rings. The molecule has 1 aliphatic rings. The van der Waals surface area contributed by atoms with E-state index in [9.17, 15) is 19.2 Å². The van der Waals surface area contributed by atoms with Crippen molar-refractivity contribution in [2.24, 2.45) is 0 Å². The Balaban J connectivity index is 1.80. The number of benzene rings is 2. The number of allylic oxidation sites excluding steroid dienone is 2. The Morgan fingerprint density at radius 1 is 0.750 bits per heavy atom. The maximum Gasteiger partial charge on any atom is 0.355 e. The van der Waals surface area contributed by atoms with Crippen LogP contribution < -0.4 is 9.64 Å². The molecule has 0 aromatic heterocycles. The highest BCUT2D eigenvalue weighted by molar-refractivity contribution is 6.05. The van der Waals surface area contributed by atoms with E-state index in [-0.39, 0.29) is 22.6 Å². The van der Waals surface area contributed by atoms with E-state index in [1.54, 1.807) is 54.8 Å². The van der Waals surface area contributed by atoms with Gasteiger partial charge in [0, 0.05) is 17.5 Å². The first kappa shape index (κ1) is 26.0. The number of carbonyl (C=O) groups excluding carboxylic acids is 4. The highest BCUT2D eigenvalue weighted by Crippen LogP contribution is 2.27. The molecule has 0 saturated heterocycles. The molecular formula is C27H25NO8. The lowest BCUT2D eigenvalue weighted by atomic mass is 10.1. The van der Waals surface area contributed by atoms with Crippen LogP contribution in [0, 0.1) is 0 Å². The van der Waals surface area contributed by atoms with Crippen LogP contribution in [-0.4, -0.2) is 51.1 Å². The summed E-state index contributed by atoms with van der Waals surface area (Å²) in [6.07, 6.45) is 5.22. The predicted molar refractivity (Wildman–Crippen MR) is 130 cm³/mol. The number of ether oxygens (including phenoxy) is 4. The average molecular weight is 491 g/mol. The molecule has 0 aliphatic carbocycles. The summed E-state index contributed by atoms with van der Waals surface area (Å²) in [6, 6.07) is 12.6. The van der Waals surface area contributed by atoms with Gasteiger partial charge >= 0.3 is 17.9 Å². The Kier molecular flexibility index (Phi) is 8.40. The van der Waals surface area contributed by atoms with E-state index in [0.717, 1.165) is 0 Å². The Morgan fingerprint density at radius 3 is 1.94 bits per heavy atom. The van der Waals surface area contributed by atoms with Crippen molar-refractivity contribution in [2.45, 2.75) is 13.0 Å². The molecule has 0 spiro atoms. The summed E-state index contributed by atoms with van der Waals surface area (Å²) in [5.41, 5.74) is 1.00. The molecule has 0 saturated carbocycles. The molecule has 2 aromatic carbocycles. The second-order valence-corrected chi connectivity index (χ2v) is 7.50. The lowest BCUT2D eigenvalue weighted by Crippen LogP contribution is -2.27. The van der Waals surface area contributed by atoms with E-state index in [2.05, 4.69) is 0 Å². The molecule has 9 heteroatoms. The third kappa shape index (κ3) is 5.69. The Hall–Kier alpha value is -4.66. The van der Waals surface area contributed by atoms with E-state index >= 15 is 0 Å². The van der Waals surface area contributed by atoms with Crippen LogP contribution in [0.2, 0.25) is 0 Å². The van der Waals surface area contributed by atoms with Crippen LogP contribution in [0.1, 0.15) is 27.6 Å². The molecule has 9 nitrogen and oxygen atoms in total. The molecule has 1 atom stereocenters. The number of esters is 3. The summed E-state index contributed by atoms with van der Waals surface area (Å²) in [5, 5.41) is 0. The van der Waals surface area contributed by atoms with Crippen LogP contribution in [0.4, 0.5) is 5.69 Å². The molecule has 36 heavy (non-hydrogen) atoms. The smallest absolute Gasteiger partial charge is 0.355 e. The minimum absolute atomic E-state index is 0.00343. The minimum atomic E-state index is -1.01. The third-order valence-electron chi connectivity index (χ3n) is 5.30. The number of nitrogens with zero attached hydrogens (tertiary/aromatic N) is 1. The summed E-state index contributed by atoms with van der Waals surface area (Å²) in [7, 11) is 3.94. The van der Waals surface area contributed by atoms with Gasteiger partial charge in [0.1, 0.15) is 11.4 Å². The zero-order valence-corrected chi connectivity index (χ0v) is 20.2. The van der Waals surface area contributed by atoms with Crippen molar-refractivity contribution in [2.75, 3.05) is 26.2 Å². The Bertz CT molecular complexity index is 1240. The zero-order chi connectivity index (χ0) is 26.2. The second-order valence-electron chi connectivity index (χ2n) is 7.50. The van der Waals surface area contributed by atoms with Gasteiger partial charge < -0.3 is 23.8 Å². The monoisotopic (exact) mass is 491 g/mol. The number of Topliss-reactive ketones (excluding diaryl/α,β-unsaturated/α-hetero) is 1. The van der Waals surface area contributed by atoms with Gasteiger partial charge in [-0.05, 0) is 67.6 Å². The lowest BCUT2D eigenvalue weighted by Gasteiger charge is -2.23. The van der Waals surface area contributed by atoms with E-state index in [1.807, 2.05) is 0 Å². The molecule has 1 aliphatic heterocycles. The first-order valence-corrected chi connectivity index (χ1v) is 10.8. The van der Waals surface area contributed by atoms with Gasteiger partial charge in [-0.25, -0.2) is 14.4 Å². The van der Waals surface area contributed by atoms with Crippen LogP contribution in [0.5, 0.6) is 5.75 Å². The fraction of sp³-hybridized carbons (Fsp3) is 0.185. The summed E-state index contributed by atoms with van der Waals surface area (Å²) >= 11 is 0. The standard InChI is InChI=1S/C27H25NO8/c1-17(24(29)18-10-14-21(33-2)15-11-18)36-25(30)19-8-12-20(13-9-19)28-16-6-5-7-22(26(31)34-3)23(28)27(32)35-4/h5-17H,1-4H3. The maximum absolute atomic E-state index is 12.7. The van der Waals surface area contributed by atoms with Crippen LogP contribution in [-0.2, 0) is 23.8 Å². The normalized spacial score (nSPS) is 13.5. The van der Waals surface area contributed by atoms with Gasteiger partial charge in [0.2, 0.25) is 5.78 Å². The summed E-state index contributed by atoms with van der Waals surface area (Å²) in [5.74, 6) is -1.90.